The Kier molecular flexibility index (Phi) is 16.5. The van der Waals surface area contributed by atoms with Gasteiger partial charge in [-0.3, -0.25) is 14.4 Å². The van der Waals surface area contributed by atoms with Gasteiger partial charge in [-0.2, -0.15) is 0 Å². The number of esters is 2. The highest BCUT2D eigenvalue weighted by Gasteiger charge is 2.22. The van der Waals surface area contributed by atoms with Gasteiger partial charge in [0.1, 0.15) is 18.3 Å². The lowest BCUT2D eigenvalue weighted by Crippen LogP contribution is -2.27. The summed E-state index contributed by atoms with van der Waals surface area (Å²) in [5, 5.41) is 0. The van der Waals surface area contributed by atoms with Crippen molar-refractivity contribution in [3.63, 3.8) is 0 Å². The van der Waals surface area contributed by atoms with E-state index in [0.29, 0.717) is 12.9 Å². The van der Waals surface area contributed by atoms with E-state index in [0.717, 1.165) is 51.4 Å². The molecule has 0 saturated carbocycles. The van der Waals surface area contributed by atoms with Crippen LogP contribution in [0.15, 0.2) is 0 Å². The number of carbonyl (C=O) groups excluding carboxylic acids is 3. The molecule has 0 aliphatic carbocycles. The third kappa shape index (κ3) is 15.5. The molecule has 0 aromatic carbocycles. The standard InChI is InChI=1S/C22H37O6/c1-5-7-9-12-20(26-17-23)14-11-15-22(28-19(4)25)16-21(27-18(3)24)13-10-8-6-2/h11,14-15,17,20-22H,5-10,12-13,16H2,1-4H3/t20-,21+,22-/m1/s1. The molecule has 6 nitrogen and oxygen atoms in total. The van der Waals surface area contributed by atoms with Crippen molar-refractivity contribution < 1.29 is 28.6 Å². The first-order valence-electron chi connectivity index (χ1n) is 10.4. The van der Waals surface area contributed by atoms with Gasteiger partial charge in [0.15, 0.2) is 0 Å². The topological polar surface area (TPSA) is 78.9 Å². The van der Waals surface area contributed by atoms with Crippen LogP contribution in [0, 0.1) is 19.3 Å². The van der Waals surface area contributed by atoms with Crippen molar-refractivity contribution in [1.29, 1.82) is 0 Å². The number of ether oxygens (including phenoxy) is 3. The molecule has 0 saturated heterocycles. The summed E-state index contributed by atoms with van der Waals surface area (Å²) in [6.45, 7) is 7.41. The Morgan fingerprint density at radius 3 is 1.93 bits per heavy atom. The van der Waals surface area contributed by atoms with Gasteiger partial charge >= 0.3 is 11.9 Å². The van der Waals surface area contributed by atoms with Crippen LogP contribution in [-0.4, -0.2) is 36.7 Å². The zero-order valence-corrected chi connectivity index (χ0v) is 17.9. The third-order valence-corrected chi connectivity index (χ3v) is 4.25. The van der Waals surface area contributed by atoms with Crippen LogP contribution in [-0.2, 0) is 28.6 Å². The molecule has 28 heavy (non-hydrogen) atoms. The minimum absolute atomic E-state index is 0.299. The summed E-state index contributed by atoms with van der Waals surface area (Å²) in [7, 11) is 0. The Bertz CT molecular complexity index is 423. The zero-order valence-electron chi connectivity index (χ0n) is 17.9. The predicted molar refractivity (Wildman–Crippen MR) is 108 cm³/mol. The molecule has 0 N–H and O–H groups in total. The van der Waals surface area contributed by atoms with E-state index in [4.69, 9.17) is 14.2 Å². The molecule has 0 amide bonds. The summed E-state index contributed by atoms with van der Waals surface area (Å²) in [5.41, 5.74) is 0. The summed E-state index contributed by atoms with van der Waals surface area (Å²) in [6, 6.07) is 0. The molecule has 0 rings (SSSR count). The highest BCUT2D eigenvalue weighted by molar-refractivity contribution is 5.66. The molecular formula is C22H37O6. The quantitative estimate of drug-likeness (QED) is 0.146. The first-order valence-corrected chi connectivity index (χ1v) is 10.4. The first-order chi connectivity index (χ1) is 13.4. The predicted octanol–water partition coefficient (Wildman–Crippen LogP) is 4.55. The van der Waals surface area contributed by atoms with Crippen molar-refractivity contribution in [2.75, 3.05) is 0 Å². The van der Waals surface area contributed by atoms with Crippen LogP contribution in [0.5, 0.6) is 0 Å². The Labute approximate surface area is 170 Å². The number of hydrogen-bond acceptors (Lipinski definition) is 6. The van der Waals surface area contributed by atoms with E-state index in [-0.39, 0.29) is 18.2 Å². The number of carbonyl (C=O) groups is 3. The van der Waals surface area contributed by atoms with Crippen molar-refractivity contribution >= 4 is 18.4 Å². The molecule has 0 heterocycles. The van der Waals surface area contributed by atoms with E-state index in [1.807, 2.05) is 0 Å². The minimum atomic E-state index is -0.507. The Hall–Kier alpha value is -1.59. The van der Waals surface area contributed by atoms with Gasteiger partial charge in [0.05, 0.1) is 0 Å². The van der Waals surface area contributed by atoms with Gasteiger partial charge in [0.25, 0.3) is 6.47 Å². The second-order valence-electron chi connectivity index (χ2n) is 6.95. The van der Waals surface area contributed by atoms with E-state index >= 15 is 0 Å². The molecule has 0 fully saturated rings. The van der Waals surface area contributed by atoms with Gasteiger partial charge in [0.2, 0.25) is 0 Å². The molecule has 6 heteroatoms. The zero-order chi connectivity index (χ0) is 21.2. The summed E-state index contributed by atoms with van der Waals surface area (Å²) in [4.78, 5) is 33.5. The van der Waals surface area contributed by atoms with Gasteiger partial charge < -0.3 is 14.2 Å². The fourth-order valence-corrected chi connectivity index (χ4v) is 2.91. The van der Waals surface area contributed by atoms with Crippen molar-refractivity contribution in [3.05, 3.63) is 19.3 Å². The van der Waals surface area contributed by atoms with E-state index in [1.54, 1.807) is 19.3 Å². The number of unbranched alkanes of at least 4 members (excludes halogenated alkanes) is 4. The largest absolute Gasteiger partial charge is 0.464 e. The fraction of sp³-hybridized carbons (Fsp3) is 0.727. The average molecular weight is 398 g/mol. The lowest BCUT2D eigenvalue weighted by molar-refractivity contribution is -0.151. The van der Waals surface area contributed by atoms with Crippen LogP contribution >= 0.6 is 0 Å². The smallest absolute Gasteiger partial charge is 0.302 e. The minimum Gasteiger partial charge on any atom is -0.464 e. The molecule has 161 valence electrons. The van der Waals surface area contributed by atoms with Crippen LogP contribution in [0.3, 0.4) is 0 Å². The Morgan fingerprint density at radius 1 is 0.821 bits per heavy atom. The molecule has 0 aromatic heterocycles. The number of rotatable bonds is 18. The lowest BCUT2D eigenvalue weighted by atomic mass is 9.99. The van der Waals surface area contributed by atoms with Crippen LogP contribution in [0.2, 0.25) is 0 Å². The van der Waals surface area contributed by atoms with Gasteiger partial charge in [-0.05, 0) is 32.1 Å². The first kappa shape index (κ1) is 26.4. The van der Waals surface area contributed by atoms with Crippen LogP contribution in [0.1, 0.15) is 85.5 Å². The molecule has 0 bridgehead atoms. The maximum atomic E-state index is 11.4. The maximum Gasteiger partial charge on any atom is 0.302 e. The molecule has 0 aliphatic heterocycles. The van der Waals surface area contributed by atoms with Crippen LogP contribution < -0.4 is 0 Å². The molecule has 3 radical (unpaired) electrons. The monoisotopic (exact) mass is 397 g/mol. The molecule has 0 aliphatic rings. The molecule has 0 aromatic rings. The fourth-order valence-electron chi connectivity index (χ4n) is 2.91. The summed E-state index contributed by atoms with van der Waals surface area (Å²) in [5.74, 6) is -0.734. The van der Waals surface area contributed by atoms with E-state index < -0.39 is 12.1 Å². The van der Waals surface area contributed by atoms with Gasteiger partial charge in [0, 0.05) is 33.1 Å². The van der Waals surface area contributed by atoms with Crippen molar-refractivity contribution in [1.82, 2.24) is 0 Å². The molecule has 3 atom stereocenters. The van der Waals surface area contributed by atoms with Gasteiger partial charge in [-0.1, -0.05) is 39.5 Å². The maximum absolute atomic E-state index is 11.4. The molecular weight excluding hydrogens is 360 g/mol. The Morgan fingerprint density at radius 2 is 1.39 bits per heavy atom. The van der Waals surface area contributed by atoms with Crippen molar-refractivity contribution in [2.24, 2.45) is 0 Å². The van der Waals surface area contributed by atoms with E-state index in [9.17, 15) is 14.4 Å². The highest BCUT2D eigenvalue weighted by Crippen LogP contribution is 2.19. The van der Waals surface area contributed by atoms with E-state index in [2.05, 4.69) is 13.8 Å². The van der Waals surface area contributed by atoms with Crippen LogP contribution in [0.25, 0.3) is 0 Å². The SMILES string of the molecule is CCCCC[C@@H](C[C@@H]([CH][CH][CH][C@@H](CCCCC)OC=O)OC(C)=O)OC(C)=O. The van der Waals surface area contributed by atoms with Gasteiger partial charge in [-0.25, -0.2) is 0 Å². The summed E-state index contributed by atoms with van der Waals surface area (Å²) >= 11 is 0. The molecule has 0 spiro atoms. The second-order valence-corrected chi connectivity index (χ2v) is 6.95. The normalized spacial score (nSPS) is 14.0. The summed E-state index contributed by atoms with van der Waals surface area (Å²) in [6.07, 6.45) is 12.3. The average Bonchev–Trinajstić information content (AvgIpc) is 2.61. The van der Waals surface area contributed by atoms with E-state index in [1.165, 1.54) is 13.8 Å². The van der Waals surface area contributed by atoms with Crippen LogP contribution in [0.4, 0.5) is 0 Å². The molecule has 0 unspecified atom stereocenters. The van der Waals surface area contributed by atoms with Gasteiger partial charge in [-0.15, -0.1) is 0 Å². The second kappa shape index (κ2) is 17.5. The third-order valence-electron chi connectivity index (χ3n) is 4.25. The lowest BCUT2D eigenvalue weighted by Gasteiger charge is -2.23. The summed E-state index contributed by atoms with van der Waals surface area (Å²) < 4.78 is 15.8. The highest BCUT2D eigenvalue weighted by atomic mass is 16.6. The van der Waals surface area contributed by atoms with Crippen molar-refractivity contribution in [3.8, 4) is 0 Å². The van der Waals surface area contributed by atoms with Crippen molar-refractivity contribution in [2.45, 2.75) is 104 Å². The Balaban J connectivity index is 4.63. The number of hydrogen-bond donors (Lipinski definition) is 0.